The number of hydrogen-bond acceptors (Lipinski definition) is 4. The summed E-state index contributed by atoms with van der Waals surface area (Å²) in [5, 5.41) is 20.8. The molecule has 0 saturated carbocycles. The SMILES string of the molecule is CC(C)=CCC/C(C)=C/CC/C(C)=C/CSCC[C@H](NC(=O)[C@H](C)[C@@H](C)C(=O)O)C(=O)O. The lowest BCUT2D eigenvalue weighted by Crippen LogP contribution is -2.45. The van der Waals surface area contributed by atoms with Gasteiger partial charge in [-0.3, -0.25) is 9.59 Å². The van der Waals surface area contributed by atoms with Crippen LogP contribution in [-0.2, 0) is 14.4 Å². The van der Waals surface area contributed by atoms with E-state index in [-0.39, 0.29) is 0 Å². The van der Waals surface area contributed by atoms with Crippen LogP contribution in [0.3, 0.4) is 0 Å². The Balaban J connectivity index is 4.31. The van der Waals surface area contributed by atoms with Crippen molar-refractivity contribution in [2.45, 2.75) is 79.7 Å². The van der Waals surface area contributed by atoms with Gasteiger partial charge in [-0.05, 0) is 65.6 Å². The number of carbonyl (C=O) groups excluding carboxylic acids is 1. The lowest BCUT2D eigenvalue weighted by molar-refractivity contribution is -0.147. The highest BCUT2D eigenvalue weighted by Gasteiger charge is 2.29. The predicted molar refractivity (Wildman–Crippen MR) is 133 cm³/mol. The van der Waals surface area contributed by atoms with E-state index in [4.69, 9.17) is 5.11 Å². The number of amides is 1. The van der Waals surface area contributed by atoms with E-state index in [0.29, 0.717) is 12.2 Å². The van der Waals surface area contributed by atoms with Crippen LogP contribution in [0.4, 0.5) is 0 Å². The third kappa shape index (κ3) is 14.1. The van der Waals surface area contributed by atoms with E-state index in [0.717, 1.165) is 31.4 Å². The molecule has 0 fully saturated rings. The fourth-order valence-corrected chi connectivity index (χ4v) is 3.80. The summed E-state index contributed by atoms with van der Waals surface area (Å²) in [4.78, 5) is 34.6. The van der Waals surface area contributed by atoms with Crippen LogP contribution in [0.15, 0.2) is 34.9 Å². The van der Waals surface area contributed by atoms with Gasteiger partial charge in [-0.25, -0.2) is 4.79 Å². The summed E-state index contributed by atoms with van der Waals surface area (Å²) in [5.74, 6) is -3.01. The first kappa shape index (κ1) is 30.0. The van der Waals surface area contributed by atoms with Crippen LogP contribution in [-0.4, -0.2) is 45.6 Å². The summed E-state index contributed by atoms with van der Waals surface area (Å²) in [5.41, 5.74) is 4.08. The van der Waals surface area contributed by atoms with Crippen molar-refractivity contribution in [1.82, 2.24) is 5.32 Å². The zero-order valence-corrected chi connectivity index (χ0v) is 21.3. The van der Waals surface area contributed by atoms with Crippen LogP contribution in [0.25, 0.3) is 0 Å². The summed E-state index contributed by atoms with van der Waals surface area (Å²) in [6, 6.07) is -1.01. The Kier molecular flexibility index (Phi) is 15.5. The molecule has 7 heteroatoms. The largest absolute Gasteiger partial charge is 0.481 e. The zero-order chi connectivity index (χ0) is 24.7. The number of rotatable bonds is 16. The van der Waals surface area contributed by atoms with E-state index >= 15 is 0 Å². The minimum absolute atomic E-state index is 0.292. The molecular weight excluding hydrogens is 426 g/mol. The van der Waals surface area contributed by atoms with Gasteiger partial charge in [0.15, 0.2) is 0 Å². The minimum atomic E-state index is -1.10. The molecule has 0 heterocycles. The van der Waals surface area contributed by atoms with Crippen LogP contribution >= 0.6 is 11.8 Å². The second kappa shape index (κ2) is 16.6. The average Bonchev–Trinajstić information content (AvgIpc) is 2.70. The first-order chi connectivity index (χ1) is 15.0. The van der Waals surface area contributed by atoms with Gasteiger partial charge in [0, 0.05) is 11.7 Å². The van der Waals surface area contributed by atoms with Gasteiger partial charge in [-0.15, -0.1) is 0 Å². The molecule has 0 aromatic carbocycles. The second-order valence-corrected chi connectivity index (χ2v) is 9.79. The molecule has 0 aliphatic carbocycles. The molecule has 0 aromatic heterocycles. The number of carboxylic acid groups (broad SMARTS) is 2. The van der Waals surface area contributed by atoms with E-state index in [1.54, 1.807) is 11.8 Å². The van der Waals surface area contributed by atoms with E-state index in [2.05, 4.69) is 51.2 Å². The molecule has 0 bridgehead atoms. The molecule has 1 amide bonds. The van der Waals surface area contributed by atoms with Gasteiger partial charge >= 0.3 is 11.9 Å². The van der Waals surface area contributed by atoms with Crippen molar-refractivity contribution in [3.05, 3.63) is 34.9 Å². The first-order valence-electron chi connectivity index (χ1n) is 11.2. The van der Waals surface area contributed by atoms with Crippen molar-refractivity contribution in [2.24, 2.45) is 11.8 Å². The molecule has 182 valence electrons. The van der Waals surface area contributed by atoms with Crippen LogP contribution in [0.5, 0.6) is 0 Å². The third-order valence-electron chi connectivity index (χ3n) is 5.39. The highest BCUT2D eigenvalue weighted by Crippen LogP contribution is 2.15. The van der Waals surface area contributed by atoms with Crippen molar-refractivity contribution >= 4 is 29.6 Å². The summed E-state index contributed by atoms with van der Waals surface area (Å²) in [6.07, 6.45) is 11.2. The summed E-state index contributed by atoms with van der Waals surface area (Å²) in [7, 11) is 0. The highest BCUT2D eigenvalue weighted by molar-refractivity contribution is 7.99. The van der Waals surface area contributed by atoms with Crippen molar-refractivity contribution < 1.29 is 24.6 Å². The normalized spacial score (nSPS) is 14.9. The van der Waals surface area contributed by atoms with Crippen molar-refractivity contribution in [3.63, 3.8) is 0 Å². The van der Waals surface area contributed by atoms with Crippen LogP contribution in [0.2, 0.25) is 0 Å². The third-order valence-corrected chi connectivity index (χ3v) is 6.32. The Bertz CT molecular complexity index is 707. The fraction of sp³-hybridized carbons (Fsp3) is 0.640. The van der Waals surface area contributed by atoms with E-state index in [1.807, 2.05) is 0 Å². The topological polar surface area (TPSA) is 104 Å². The first-order valence-corrected chi connectivity index (χ1v) is 12.4. The van der Waals surface area contributed by atoms with Crippen molar-refractivity contribution in [3.8, 4) is 0 Å². The summed E-state index contributed by atoms with van der Waals surface area (Å²) >= 11 is 1.62. The highest BCUT2D eigenvalue weighted by atomic mass is 32.2. The Morgan fingerprint density at radius 1 is 0.844 bits per heavy atom. The fourth-order valence-electron chi connectivity index (χ4n) is 2.83. The molecule has 3 atom stereocenters. The molecule has 6 nitrogen and oxygen atoms in total. The van der Waals surface area contributed by atoms with E-state index < -0.39 is 35.7 Å². The molecule has 0 saturated heterocycles. The quantitative estimate of drug-likeness (QED) is 0.206. The molecule has 0 unspecified atom stereocenters. The van der Waals surface area contributed by atoms with Gasteiger partial charge in [0.1, 0.15) is 6.04 Å². The Labute approximate surface area is 197 Å². The summed E-state index contributed by atoms with van der Waals surface area (Å²) in [6.45, 7) is 11.5. The Morgan fingerprint density at radius 2 is 1.41 bits per heavy atom. The Morgan fingerprint density at radius 3 is 1.94 bits per heavy atom. The van der Waals surface area contributed by atoms with Crippen LogP contribution < -0.4 is 5.32 Å². The van der Waals surface area contributed by atoms with Gasteiger partial charge in [0.25, 0.3) is 0 Å². The standard InChI is InChI=1S/C25H41NO5S/c1-17(2)9-7-10-18(3)11-8-12-19(4)13-15-32-16-14-22(25(30)31)26-23(27)20(5)21(6)24(28)29/h9,11,13,20-22H,7-8,10,12,14-16H2,1-6H3,(H,26,27)(H,28,29)(H,30,31)/b18-11+,19-13+/t20-,21-,22+/m1/s1. The number of aliphatic carboxylic acids is 2. The minimum Gasteiger partial charge on any atom is -0.481 e. The maximum atomic E-state index is 12.2. The van der Waals surface area contributed by atoms with Crippen LogP contribution in [0.1, 0.15) is 73.6 Å². The predicted octanol–water partition coefficient (Wildman–Crippen LogP) is 5.46. The lowest BCUT2D eigenvalue weighted by atomic mass is 9.95. The average molecular weight is 468 g/mol. The molecule has 32 heavy (non-hydrogen) atoms. The zero-order valence-electron chi connectivity index (χ0n) is 20.4. The van der Waals surface area contributed by atoms with Gasteiger partial charge in [0.2, 0.25) is 5.91 Å². The molecule has 0 spiro atoms. The molecule has 0 rings (SSSR count). The molecular formula is C25H41NO5S. The maximum absolute atomic E-state index is 12.2. The maximum Gasteiger partial charge on any atom is 0.326 e. The lowest BCUT2D eigenvalue weighted by Gasteiger charge is -2.19. The number of hydrogen-bond donors (Lipinski definition) is 3. The summed E-state index contributed by atoms with van der Waals surface area (Å²) < 4.78 is 0. The van der Waals surface area contributed by atoms with E-state index in [1.165, 1.54) is 30.6 Å². The molecule has 0 aliphatic rings. The Hall–Kier alpha value is -2.02. The molecule has 0 radical (unpaired) electrons. The molecule has 0 aliphatic heterocycles. The molecule has 3 N–H and O–H groups in total. The second-order valence-electron chi connectivity index (χ2n) is 8.64. The number of nitrogens with one attached hydrogen (secondary N) is 1. The van der Waals surface area contributed by atoms with Crippen molar-refractivity contribution in [1.29, 1.82) is 0 Å². The van der Waals surface area contributed by atoms with Gasteiger partial charge in [0.05, 0.1) is 5.92 Å². The van der Waals surface area contributed by atoms with Gasteiger partial charge in [-0.2, -0.15) is 11.8 Å². The number of thioether (sulfide) groups is 1. The monoisotopic (exact) mass is 467 g/mol. The van der Waals surface area contributed by atoms with Crippen LogP contribution in [0, 0.1) is 11.8 Å². The number of carbonyl (C=O) groups is 3. The smallest absolute Gasteiger partial charge is 0.326 e. The number of allylic oxidation sites excluding steroid dienone is 5. The van der Waals surface area contributed by atoms with Gasteiger partial charge in [-0.1, -0.05) is 48.8 Å². The van der Waals surface area contributed by atoms with Gasteiger partial charge < -0.3 is 15.5 Å². The molecule has 0 aromatic rings. The van der Waals surface area contributed by atoms with E-state index in [9.17, 15) is 19.5 Å². The number of carboxylic acids is 2. The van der Waals surface area contributed by atoms with Crippen molar-refractivity contribution in [2.75, 3.05) is 11.5 Å².